The topological polar surface area (TPSA) is 64.3 Å². The molecule has 3 rings (SSSR count). The van der Waals surface area contributed by atoms with Gasteiger partial charge < -0.3 is 4.90 Å². The van der Waals surface area contributed by atoms with Gasteiger partial charge in [0.15, 0.2) is 6.29 Å². The van der Waals surface area contributed by atoms with Crippen molar-refractivity contribution in [3.05, 3.63) is 61.8 Å². The molecule has 1 aliphatic heterocycles. The van der Waals surface area contributed by atoms with Crippen LogP contribution in [-0.4, -0.2) is 22.0 Å². The summed E-state index contributed by atoms with van der Waals surface area (Å²) in [6.07, 6.45) is 1.36. The monoisotopic (exact) mass is 299 g/mol. The average Bonchev–Trinajstić information content (AvgIpc) is 2.55. The Morgan fingerprint density at radius 3 is 2.41 bits per heavy atom. The summed E-state index contributed by atoms with van der Waals surface area (Å²) in [4.78, 5) is 37.6. The van der Waals surface area contributed by atoms with E-state index >= 15 is 0 Å². The van der Waals surface area contributed by atoms with E-state index in [4.69, 9.17) is 0 Å². The lowest BCUT2D eigenvalue weighted by Crippen LogP contribution is -2.44. The van der Waals surface area contributed by atoms with E-state index in [-0.39, 0.29) is 5.56 Å². The number of benzene rings is 1. The van der Waals surface area contributed by atoms with Gasteiger partial charge in [-0.15, -0.1) is 0 Å². The lowest BCUT2D eigenvalue weighted by molar-refractivity contribution is 0.112. The van der Waals surface area contributed by atoms with Crippen molar-refractivity contribution in [3.8, 4) is 0 Å². The maximum Gasteiger partial charge on any atom is 0.332 e. The van der Waals surface area contributed by atoms with Crippen molar-refractivity contribution >= 4 is 12.1 Å². The van der Waals surface area contributed by atoms with E-state index in [1.54, 1.807) is 7.05 Å². The number of hydrogen-bond acceptors (Lipinski definition) is 4. The van der Waals surface area contributed by atoms with Gasteiger partial charge in [-0.05, 0) is 17.5 Å². The van der Waals surface area contributed by atoms with Crippen molar-refractivity contribution in [1.29, 1.82) is 0 Å². The van der Waals surface area contributed by atoms with Crippen LogP contribution in [0.2, 0.25) is 0 Å². The Labute approximate surface area is 127 Å². The van der Waals surface area contributed by atoms with Crippen molar-refractivity contribution < 1.29 is 4.79 Å². The summed E-state index contributed by atoms with van der Waals surface area (Å²) in [7, 11) is 2.97. The van der Waals surface area contributed by atoms with Crippen molar-refractivity contribution in [3.63, 3.8) is 0 Å². The first-order valence-corrected chi connectivity index (χ1v) is 7.11. The largest absolute Gasteiger partial charge is 0.352 e. The first-order valence-electron chi connectivity index (χ1n) is 7.11. The zero-order valence-electron chi connectivity index (χ0n) is 12.6. The van der Waals surface area contributed by atoms with E-state index in [0.29, 0.717) is 25.2 Å². The van der Waals surface area contributed by atoms with Gasteiger partial charge in [0.1, 0.15) is 11.4 Å². The highest BCUT2D eigenvalue weighted by molar-refractivity contribution is 5.82. The van der Waals surface area contributed by atoms with Gasteiger partial charge in [-0.2, -0.15) is 0 Å². The fraction of sp³-hybridized carbons (Fsp3) is 0.312. The van der Waals surface area contributed by atoms with Gasteiger partial charge >= 0.3 is 5.69 Å². The maximum absolute atomic E-state index is 12.2. The minimum Gasteiger partial charge on any atom is -0.352 e. The molecular weight excluding hydrogens is 282 g/mol. The van der Waals surface area contributed by atoms with E-state index in [9.17, 15) is 14.4 Å². The summed E-state index contributed by atoms with van der Waals surface area (Å²) >= 11 is 0. The van der Waals surface area contributed by atoms with Crippen molar-refractivity contribution in [2.24, 2.45) is 14.1 Å². The van der Waals surface area contributed by atoms with Gasteiger partial charge in [-0.25, -0.2) is 4.79 Å². The molecule has 2 heterocycles. The minimum atomic E-state index is -0.549. The molecule has 0 N–H and O–H groups in total. The van der Waals surface area contributed by atoms with Crippen LogP contribution in [0.25, 0.3) is 0 Å². The fourth-order valence-electron chi connectivity index (χ4n) is 3.02. The molecule has 1 aromatic carbocycles. The molecule has 6 heteroatoms. The van der Waals surface area contributed by atoms with Crippen LogP contribution in [-0.2, 0) is 27.1 Å². The second-order valence-corrected chi connectivity index (χ2v) is 5.50. The maximum atomic E-state index is 12.2. The number of carbonyl (C=O) groups is 1. The molecule has 0 radical (unpaired) electrons. The van der Waals surface area contributed by atoms with Crippen molar-refractivity contribution in [2.75, 3.05) is 11.4 Å². The molecular formula is C16H17N3O3. The van der Waals surface area contributed by atoms with Crippen LogP contribution in [0, 0.1) is 0 Å². The van der Waals surface area contributed by atoms with Gasteiger partial charge in [-0.3, -0.25) is 18.7 Å². The minimum absolute atomic E-state index is 0.0315. The number of carbonyl (C=O) groups excluding carboxylic acids is 1. The average molecular weight is 299 g/mol. The number of hydrogen-bond donors (Lipinski definition) is 0. The highest BCUT2D eigenvalue weighted by Gasteiger charge is 2.23. The lowest BCUT2D eigenvalue weighted by Gasteiger charge is -2.32. The van der Waals surface area contributed by atoms with Crippen LogP contribution in [0.4, 0.5) is 5.82 Å². The quantitative estimate of drug-likeness (QED) is 0.756. The normalized spacial score (nSPS) is 13.8. The Hall–Kier alpha value is -2.63. The zero-order chi connectivity index (χ0) is 15.9. The summed E-state index contributed by atoms with van der Waals surface area (Å²) in [6.45, 7) is 1.25. The Morgan fingerprint density at radius 1 is 1.05 bits per heavy atom. The highest BCUT2D eigenvalue weighted by atomic mass is 16.2. The molecule has 114 valence electrons. The molecule has 22 heavy (non-hydrogen) atoms. The predicted octanol–water partition coefficient (Wildman–Crippen LogP) is 0.459. The molecule has 0 saturated heterocycles. The van der Waals surface area contributed by atoms with E-state index < -0.39 is 11.2 Å². The fourth-order valence-corrected chi connectivity index (χ4v) is 3.02. The van der Waals surface area contributed by atoms with Gasteiger partial charge in [-0.1, -0.05) is 24.3 Å². The molecule has 0 atom stereocenters. The van der Waals surface area contributed by atoms with E-state index in [0.717, 1.165) is 16.6 Å². The van der Waals surface area contributed by atoms with Crippen molar-refractivity contribution in [2.45, 2.75) is 13.0 Å². The van der Waals surface area contributed by atoms with Gasteiger partial charge in [0.25, 0.3) is 5.56 Å². The van der Waals surface area contributed by atoms with Crippen molar-refractivity contribution in [1.82, 2.24) is 9.13 Å². The van der Waals surface area contributed by atoms with Crippen LogP contribution >= 0.6 is 0 Å². The first kappa shape index (κ1) is 14.3. The molecule has 6 nitrogen and oxygen atoms in total. The molecule has 0 bridgehead atoms. The molecule has 0 saturated carbocycles. The molecule has 0 aliphatic carbocycles. The number of rotatable bonds is 2. The van der Waals surface area contributed by atoms with Crippen LogP contribution in [0.15, 0.2) is 33.9 Å². The lowest BCUT2D eigenvalue weighted by atomic mass is 10.00. The summed E-state index contributed by atoms with van der Waals surface area (Å²) in [6, 6.07) is 8.07. The number of aromatic nitrogens is 2. The summed E-state index contributed by atoms with van der Waals surface area (Å²) in [5.74, 6) is 0.401. The Kier molecular flexibility index (Phi) is 3.44. The van der Waals surface area contributed by atoms with Crippen LogP contribution in [0.5, 0.6) is 0 Å². The molecule has 0 fully saturated rings. The molecule has 0 spiro atoms. The second-order valence-electron chi connectivity index (χ2n) is 5.50. The third-order valence-corrected chi connectivity index (χ3v) is 4.22. The van der Waals surface area contributed by atoms with Gasteiger partial charge in [0, 0.05) is 27.2 Å². The summed E-state index contributed by atoms with van der Waals surface area (Å²) in [5, 5.41) is 0. The first-order chi connectivity index (χ1) is 10.5. The molecule has 0 amide bonds. The molecule has 2 aromatic rings. The molecule has 1 aliphatic rings. The third-order valence-electron chi connectivity index (χ3n) is 4.22. The number of anilines is 1. The number of fused-ring (bicyclic) bond motifs is 1. The highest BCUT2D eigenvalue weighted by Crippen LogP contribution is 2.24. The standard InChI is InChI=1S/C16H17N3O3/c1-17-14(13(10-20)15(21)18(2)16(17)22)19-8-7-11-5-3-4-6-12(11)9-19/h3-6,10H,7-9H2,1-2H3. The van der Waals surface area contributed by atoms with E-state index in [2.05, 4.69) is 6.07 Å². The van der Waals surface area contributed by atoms with Gasteiger partial charge in [0.05, 0.1) is 0 Å². The van der Waals surface area contributed by atoms with Crippen LogP contribution < -0.4 is 16.1 Å². The smallest absolute Gasteiger partial charge is 0.332 e. The number of aldehydes is 1. The summed E-state index contributed by atoms with van der Waals surface area (Å²) < 4.78 is 2.34. The van der Waals surface area contributed by atoms with E-state index in [1.165, 1.54) is 17.2 Å². The van der Waals surface area contributed by atoms with Gasteiger partial charge in [0.2, 0.25) is 0 Å². The van der Waals surface area contributed by atoms with Crippen LogP contribution in [0.3, 0.4) is 0 Å². The predicted molar refractivity (Wildman–Crippen MR) is 83.5 cm³/mol. The Balaban J connectivity index is 2.16. The zero-order valence-corrected chi connectivity index (χ0v) is 12.6. The summed E-state index contributed by atoms with van der Waals surface area (Å²) in [5.41, 5.74) is 1.47. The second kappa shape index (κ2) is 5.29. The SMILES string of the molecule is Cn1c(N2CCc3ccccc3C2)c(C=O)c(=O)n(C)c1=O. The molecule has 1 aromatic heterocycles. The third kappa shape index (κ3) is 2.07. The Bertz CT molecular complexity index is 864. The molecule has 0 unspecified atom stereocenters. The Morgan fingerprint density at radius 2 is 1.73 bits per heavy atom. The van der Waals surface area contributed by atoms with Crippen LogP contribution in [0.1, 0.15) is 21.5 Å². The number of nitrogens with zero attached hydrogens (tertiary/aromatic N) is 3. The van der Waals surface area contributed by atoms with E-state index in [1.807, 2.05) is 23.1 Å².